The number of pyridine rings is 1. The van der Waals surface area contributed by atoms with E-state index in [9.17, 15) is 9.50 Å². The first-order chi connectivity index (χ1) is 7.75. The third-order valence-electron chi connectivity index (χ3n) is 3.01. The molecule has 0 bridgehead atoms. The lowest BCUT2D eigenvalue weighted by atomic mass is 9.91. The zero-order valence-electron chi connectivity index (χ0n) is 9.10. The van der Waals surface area contributed by atoms with E-state index in [0.29, 0.717) is 17.9 Å². The van der Waals surface area contributed by atoms with Crippen LogP contribution in [0.15, 0.2) is 18.5 Å². The van der Waals surface area contributed by atoms with Crippen molar-refractivity contribution >= 4 is 0 Å². The molecule has 3 nitrogen and oxygen atoms in total. The van der Waals surface area contributed by atoms with Crippen LogP contribution in [0.2, 0.25) is 0 Å². The van der Waals surface area contributed by atoms with Gasteiger partial charge in [-0.05, 0) is 31.2 Å². The molecule has 16 heavy (non-hydrogen) atoms. The van der Waals surface area contributed by atoms with Crippen molar-refractivity contribution in [1.82, 2.24) is 4.98 Å². The normalized spacial score (nSPS) is 19.6. The maximum atomic E-state index is 12.9. The zero-order chi connectivity index (χ0) is 11.4. The Bertz CT molecular complexity index is 340. The first kappa shape index (κ1) is 11.5. The SMILES string of the molecule is OC(CC1CCOCC1)c1cncc(F)c1. The van der Waals surface area contributed by atoms with E-state index in [1.165, 1.54) is 12.3 Å². The van der Waals surface area contributed by atoms with Gasteiger partial charge in [-0.2, -0.15) is 0 Å². The van der Waals surface area contributed by atoms with E-state index < -0.39 is 11.9 Å². The van der Waals surface area contributed by atoms with Gasteiger partial charge >= 0.3 is 0 Å². The first-order valence-corrected chi connectivity index (χ1v) is 5.62. The molecular formula is C12H16FNO2. The molecule has 1 unspecified atom stereocenters. The van der Waals surface area contributed by atoms with Crippen LogP contribution in [0.5, 0.6) is 0 Å². The van der Waals surface area contributed by atoms with E-state index in [0.717, 1.165) is 32.3 Å². The molecule has 4 heteroatoms. The fraction of sp³-hybridized carbons (Fsp3) is 0.583. The molecule has 0 aromatic carbocycles. The monoisotopic (exact) mass is 225 g/mol. The number of aliphatic hydroxyl groups excluding tert-OH is 1. The minimum atomic E-state index is -0.619. The Morgan fingerprint density at radius 1 is 1.44 bits per heavy atom. The fourth-order valence-corrected chi connectivity index (χ4v) is 2.04. The molecule has 1 aliphatic heterocycles. The lowest BCUT2D eigenvalue weighted by molar-refractivity contribution is 0.0434. The molecule has 0 saturated carbocycles. The second kappa shape index (κ2) is 5.37. The molecule has 1 atom stereocenters. The number of rotatable bonds is 3. The van der Waals surface area contributed by atoms with Gasteiger partial charge in [-0.25, -0.2) is 4.39 Å². The number of aromatic nitrogens is 1. The van der Waals surface area contributed by atoms with Crippen molar-refractivity contribution < 1.29 is 14.2 Å². The number of ether oxygens (including phenoxy) is 1. The summed E-state index contributed by atoms with van der Waals surface area (Å²) in [7, 11) is 0. The van der Waals surface area contributed by atoms with Crippen LogP contribution in [0.4, 0.5) is 4.39 Å². The summed E-state index contributed by atoms with van der Waals surface area (Å²) in [6.07, 6.45) is 4.65. The van der Waals surface area contributed by atoms with Crippen LogP contribution < -0.4 is 0 Å². The van der Waals surface area contributed by atoms with Crippen LogP contribution in [-0.2, 0) is 4.74 Å². The Hall–Kier alpha value is -1.00. The number of aliphatic hydroxyl groups is 1. The molecular weight excluding hydrogens is 209 g/mol. The number of hydrogen-bond donors (Lipinski definition) is 1. The third kappa shape index (κ3) is 3.00. The molecule has 0 spiro atoms. The van der Waals surface area contributed by atoms with Gasteiger partial charge in [-0.1, -0.05) is 0 Å². The third-order valence-corrected chi connectivity index (χ3v) is 3.01. The molecule has 0 amide bonds. The summed E-state index contributed by atoms with van der Waals surface area (Å²) < 4.78 is 18.2. The summed E-state index contributed by atoms with van der Waals surface area (Å²) in [6, 6.07) is 1.34. The van der Waals surface area contributed by atoms with Crippen molar-refractivity contribution in [3.63, 3.8) is 0 Å². The Morgan fingerprint density at radius 3 is 2.88 bits per heavy atom. The van der Waals surface area contributed by atoms with Crippen LogP contribution in [0.25, 0.3) is 0 Å². The number of halogens is 1. The number of hydrogen-bond acceptors (Lipinski definition) is 3. The second-order valence-electron chi connectivity index (χ2n) is 4.24. The van der Waals surface area contributed by atoms with Crippen molar-refractivity contribution in [2.24, 2.45) is 5.92 Å². The quantitative estimate of drug-likeness (QED) is 0.856. The van der Waals surface area contributed by atoms with Crippen LogP contribution >= 0.6 is 0 Å². The highest BCUT2D eigenvalue weighted by Gasteiger charge is 2.19. The van der Waals surface area contributed by atoms with Crippen LogP contribution in [0.3, 0.4) is 0 Å². The maximum Gasteiger partial charge on any atom is 0.141 e. The Balaban J connectivity index is 1.94. The molecule has 1 fully saturated rings. The molecule has 2 rings (SSSR count). The number of nitrogens with zero attached hydrogens (tertiary/aromatic N) is 1. The van der Waals surface area contributed by atoms with Crippen LogP contribution in [-0.4, -0.2) is 23.3 Å². The van der Waals surface area contributed by atoms with E-state index in [4.69, 9.17) is 4.74 Å². The van der Waals surface area contributed by atoms with E-state index in [1.54, 1.807) is 0 Å². The van der Waals surface area contributed by atoms with Crippen molar-refractivity contribution in [1.29, 1.82) is 0 Å². The standard InChI is InChI=1S/C12H16FNO2/c13-11-6-10(7-14-8-11)12(15)5-9-1-3-16-4-2-9/h6-9,12,15H,1-5H2. The highest BCUT2D eigenvalue weighted by atomic mass is 19.1. The Labute approximate surface area is 94.3 Å². The molecule has 1 saturated heterocycles. The van der Waals surface area contributed by atoms with Gasteiger partial charge in [0, 0.05) is 25.0 Å². The van der Waals surface area contributed by atoms with Gasteiger partial charge in [-0.3, -0.25) is 4.98 Å². The minimum absolute atomic E-state index is 0.400. The average Bonchev–Trinajstić information content (AvgIpc) is 2.30. The predicted octanol–water partition coefficient (Wildman–Crippen LogP) is 2.07. The second-order valence-corrected chi connectivity index (χ2v) is 4.24. The van der Waals surface area contributed by atoms with Crippen molar-refractivity contribution in [2.45, 2.75) is 25.4 Å². The highest BCUT2D eigenvalue weighted by Crippen LogP contribution is 2.27. The van der Waals surface area contributed by atoms with Gasteiger partial charge in [-0.15, -0.1) is 0 Å². The van der Waals surface area contributed by atoms with Crippen LogP contribution in [0.1, 0.15) is 30.9 Å². The lowest BCUT2D eigenvalue weighted by Crippen LogP contribution is -2.18. The van der Waals surface area contributed by atoms with E-state index >= 15 is 0 Å². The summed E-state index contributed by atoms with van der Waals surface area (Å²) in [5, 5.41) is 9.95. The van der Waals surface area contributed by atoms with Gasteiger partial charge in [0.15, 0.2) is 0 Å². The highest BCUT2D eigenvalue weighted by molar-refractivity contribution is 5.13. The molecule has 1 aromatic rings. The van der Waals surface area contributed by atoms with E-state index in [-0.39, 0.29) is 0 Å². The topological polar surface area (TPSA) is 42.4 Å². The summed E-state index contributed by atoms with van der Waals surface area (Å²) in [5.74, 6) is 0.0653. The molecule has 1 N–H and O–H groups in total. The van der Waals surface area contributed by atoms with Gasteiger partial charge in [0.05, 0.1) is 12.3 Å². The lowest BCUT2D eigenvalue weighted by Gasteiger charge is -2.24. The Morgan fingerprint density at radius 2 is 2.19 bits per heavy atom. The summed E-state index contributed by atoms with van der Waals surface area (Å²) >= 11 is 0. The fourth-order valence-electron chi connectivity index (χ4n) is 2.04. The van der Waals surface area contributed by atoms with Gasteiger partial charge in [0.25, 0.3) is 0 Å². The van der Waals surface area contributed by atoms with E-state index in [1.807, 2.05) is 0 Å². The average molecular weight is 225 g/mol. The van der Waals surface area contributed by atoms with Crippen LogP contribution in [0, 0.1) is 11.7 Å². The molecule has 1 aliphatic rings. The van der Waals surface area contributed by atoms with Gasteiger partial charge in [0.1, 0.15) is 5.82 Å². The van der Waals surface area contributed by atoms with Gasteiger partial charge < -0.3 is 9.84 Å². The largest absolute Gasteiger partial charge is 0.388 e. The molecule has 1 aromatic heterocycles. The van der Waals surface area contributed by atoms with Crippen molar-refractivity contribution in [2.75, 3.05) is 13.2 Å². The molecule has 0 radical (unpaired) electrons. The maximum absolute atomic E-state index is 12.9. The summed E-state index contributed by atoms with van der Waals surface area (Å²) in [6.45, 7) is 1.53. The van der Waals surface area contributed by atoms with E-state index in [2.05, 4.69) is 4.98 Å². The predicted molar refractivity (Wildman–Crippen MR) is 57.3 cm³/mol. The molecule has 0 aliphatic carbocycles. The summed E-state index contributed by atoms with van der Waals surface area (Å²) in [4.78, 5) is 3.74. The van der Waals surface area contributed by atoms with Gasteiger partial charge in [0.2, 0.25) is 0 Å². The zero-order valence-corrected chi connectivity index (χ0v) is 9.10. The molecule has 2 heterocycles. The smallest absolute Gasteiger partial charge is 0.141 e. The van der Waals surface area contributed by atoms with Crippen molar-refractivity contribution in [3.8, 4) is 0 Å². The minimum Gasteiger partial charge on any atom is -0.388 e. The molecule has 88 valence electrons. The van der Waals surface area contributed by atoms with Crippen molar-refractivity contribution in [3.05, 3.63) is 29.8 Å². The summed E-state index contributed by atoms with van der Waals surface area (Å²) in [5.41, 5.74) is 0.562. The Kier molecular flexibility index (Phi) is 3.85. The first-order valence-electron chi connectivity index (χ1n) is 5.62.